The molecule has 1 N–H and O–H groups in total. The number of nitrogens with zero attached hydrogens (tertiary/aromatic N) is 2. The highest BCUT2D eigenvalue weighted by Crippen LogP contribution is 2.25. The smallest absolute Gasteiger partial charge is 0.329 e. The third-order valence-electron chi connectivity index (χ3n) is 2.76. The fourth-order valence-corrected chi connectivity index (χ4v) is 2.15. The van der Waals surface area contributed by atoms with E-state index in [0.29, 0.717) is 0 Å². The van der Waals surface area contributed by atoms with Crippen LogP contribution in [0.2, 0.25) is 0 Å². The molecule has 1 aromatic heterocycles. The Balaban J connectivity index is 2.39. The number of imidazole rings is 1. The van der Waals surface area contributed by atoms with Crippen LogP contribution in [0.25, 0.3) is 11.0 Å². The van der Waals surface area contributed by atoms with E-state index in [2.05, 4.69) is 30.3 Å². The van der Waals surface area contributed by atoms with E-state index >= 15 is 0 Å². The van der Waals surface area contributed by atoms with Crippen molar-refractivity contribution in [2.24, 2.45) is 0 Å². The minimum Gasteiger partial charge on any atom is -0.480 e. The summed E-state index contributed by atoms with van der Waals surface area (Å²) in [6.45, 7) is 6.14. The molecule has 0 atom stereocenters. The first kappa shape index (κ1) is 13.5. The van der Waals surface area contributed by atoms with Crippen molar-refractivity contribution in [2.75, 3.05) is 6.61 Å². The molecule has 0 saturated heterocycles. The molecule has 0 bridgehead atoms. The van der Waals surface area contributed by atoms with E-state index in [-0.39, 0.29) is 18.8 Å². The molecule has 0 unspecified atom stereocenters. The molecule has 0 aliphatic rings. The molecule has 2 aromatic rings. The number of fused-ring (bicyclic) bond motifs is 1. The van der Waals surface area contributed by atoms with Gasteiger partial charge in [0.2, 0.25) is 0 Å². The lowest BCUT2D eigenvalue weighted by molar-refractivity contribution is -0.142. The van der Waals surface area contributed by atoms with Gasteiger partial charge in [-0.1, -0.05) is 12.1 Å². The summed E-state index contributed by atoms with van der Waals surface area (Å²) < 4.78 is 7.25. The van der Waals surface area contributed by atoms with Crippen LogP contribution in [-0.4, -0.2) is 27.2 Å². The number of carboxylic acids is 1. The van der Waals surface area contributed by atoms with Crippen LogP contribution in [-0.2, 0) is 21.7 Å². The number of aromatic nitrogens is 2. The van der Waals surface area contributed by atoms with Gasteiger partial charge < -0.3 is 14.4 Å². The van der Waals surface area contributed by atoms with Crippen LogP contribution in [0.4, 0.5) is 0 Å². The molecule has 102 valence electrons. The van der Waals surface area contributed by atoms with E-state index < -0.39 is 5.97 Å². The summed E-state index contributed by atoms with van der Waals surface area (Å²) in [4.78, 5) is 15.0. The van der Waals surface area contributed by atoms with Crippen LogP contribution in [0.15, 0.2) is 24.3 Å². The fraction of sp³-hybridized carbons (Fsp3) is 0.429. The van der Waals surface area contributed by atoms with Gasteiger partial charge >= 0.3 is 5.97 Å². The van der Waals surface area contributed by atoms with Crippen LogP contribution < -0.4 is 0 Å². The maximum atomic E-state index is 10.5. The third-order valence-corrected chi connectivity index (χ3v) is 2.76. The van der Waals surface area contributed by atoms with Gasteiger partial charge in [0.05, 0.1) is 11.0 Å². The number of rotatable bonds is 4. The third kappa shape index (κ3) is 2.93. The van der Waals surface area contributed by atoms with E-state index in [4.69, 9.17) is 9.84 Å². The molecule has 0 saturated carbocycles. The van der Waals surface area contributed by atoms with Gasteiger partial charge in [0, 0.05) is 5.54 Å². The Morgan fingerprint density at radius 3 is 2.68 bits per heavy atom. The van der Waals surface area contributed by atoms with Crippen LogP contribution in [0.1, 0.15) is 26.6 Å². The predicted molar refractivity (Wildman–Crippen MR) is 72.0 cm³/mol. The molecule has 2 rings (SSSR count). The Kier molecular flexibility index (Phi) is 3.57. The number of carboxylic acid groups (broad SMARTS) is 1. The Morgan fingerprint density at radius 2 is 2.05 bits per heavy atom. The molecule has 5 heteroatoms. The van der Waals surface area contributed by atoms with Crippen molar-refractivity contribution >= 4 is 17.0 Å². The highest BCUT2D eigenvalue weighted by atomic mass is 16.5. The number of para-hydroxylation sites is 2. The summed E-state index contributed by atoms with van der Waals surface area (Å²) in [5.74, 6) is -0.228. The number of benzene rings is 1. The largest absolute Gasteiger partial charge is 0.480 e. The monoisotopic (exact) mass is 262 g/mol. The van der Waals surface area contributed by atoms with E-state index in [9.17, 15) is 4.79 Å². The van der Waals surface area contributed by atoms with Gasteiger partial charge in [-0.05, 0) is 32.9 Å². The van der Waals surface area contributed by atoms with Gasteiger partial charge in [0.15, 0.2) is 0 Å². The quantitative estimate of drug-likeness (QED) is 0.918. The standard InChI is InChI=1S/C14H18N2O3/c1-14(2,3)16-11-7-5-4-6-10(11)15-12(16)8-19-9-13(17)18/h4-7H,8-9H2,1-3H3,(H,17,18). The Hall–Kier alpha value is -1.88. The second kappa shape index (κ2) is 5.01. The highest BCUT2D eigenvalue weighted by molar-refractivity contribution is 5.76. The minimum absolute atomic E-state index is 0.141. The zero-order chi connectivity index (χ0) is 14.0. The van der Waals surface area contributed by atoms with E-state index in [0.717, 1.165) is 16.9 Å². The van der Waals surface area contributed by atoms with Crippen LogP contribution in [0.5, 0.6) is 0 Å². The molecule has 0 aliphatic heterocycles. The van der Waals surface area contributed by atoms with E-state index in [1.54, 1.807) is 0 Å². The van der Waals surface area contributed by atoms with Gasteiger partial charge in [0.1, 0.15) is 19.0 Å². The molecule has 1 heterocycles. The van der Waals surface area contributed by atoms with E-state index in [1.165, 1.54) is 0 Å². The fourth-order valence-electron chi connectivity index (χ4n) is 2.15. The topological polar surface area (TPSA) is 64.3 Å². The molecule has 1 aromatic carbocycles. The van der Waals surface area contributed by atoms with E-state index in [1.807, 2.05) is 24.3 Å². The van der Waals surface area contributed by atoms with Crippen molar-refractivity contribution in [3.63, 3.8) is 0 Å². The zero-order valence-electron chi connectivity index (χ0n) is 11.4. The van der Waals surface area contributed by atoms with Crippen molar-refractivity contribution in [2.45, 2.75) is 32.9 Å². The lowest BCUT2D eigenvalue weighted by Crippen LogP contribution is -2.24. The first-order valence-corrected chi connectivity index (χ1v) is 6.16. The number of ether oxygens (including phenoxy) is 1. The number of carbonyl (C=O) groups is 1. The summed E-state index contributed by atoms with van der Waals surface area (Å²) in [6.07, 6.45) is 0. The molecular weight excluding hydrogens is 244 g/mol. The second-order valence-electron chi connectivity index (χ2n) is 5.41. The SMILES string of the molecule is CC(C)(C)n1c(COCC(=O)O)nc2ccccc21. The molecular formula is C14H18N2O3. The van der Waals surface area contributed by atoms with Crippen molar-refractivity contribution in [1.29, 1.82) is 0 Å². The van der Waals surface area contributed by atoms with Crippen LogP contribution >= 0.6 is 0 Å². The minimum atomic E-state index is -0.974. The van der Waals surface area contributed by atoms with Gasteiger partial charge in [-0.2, -0.15) is 0 Å². The van der Waals surface area contributed by atoms with Crippen molar-refractivity contribution in [3.05, 3.63) is 30.1 Å². The van der Waals surface area contributed by atoms with Gasteiger partial charge in [-0.25, -0.2) is 9.78 Å². The summed E-state index contributed by atoms with van der Waals surface area (Å²) in [7, 11) is 0. The predicted octanol–water partition coefficient (Wildman–Crippen LogP) is 2.39. The molecule has 0 aliphatic carbocycles. The Labute approximate surface area is 111 Å². The normalized spacial score (nSPS) is 11.9. The highest BCUT2D eigenvalue weighted by Gasteiger charge is 2.21. The maximum Gasteiger partial charge on any atom is 0.329 e. The summed E-state index contributed by atoms with van der Waals surface area (Å²) >= 11 is 0. The average Bonchev–Trinajstić information content (AvgIpc) is 2.66. The number of hydrogen-bond acceptors (Lipinski definition) is 3. The Bertz CT molecular complexity index is 596. The molecule has 0 fully saturated rings. The molecule has 0 radical (unpaired) electrons. The summed E-state index contributed by atoms with van der Waals surface area (Å²) in [6, 6.07) is 7.85. The summed E-state index contributed by atoms with van der Waals surface area (Å²) in [5.41, 5.74) is 1.79. The van der Waals surface area contributed by atoms with Gasteiger partial charge in [-0.15, -0.1) is 0 Å². The maximum absolute atomic E-state index is 10.5. The molecule has 19 heavy (non-hydrogen) atoms. The van der Waals surface area contributed by atoms with Crippen molar-refractivity contribution in [3.8, 4) is 0 Å². The number of hydrogen-bond donors (Lipinski definition) is 1. The van der Waals surface area contributed by atoms with Crippen LogP contribution in [0, 0.1) is 0 Å². The molecule has 0 spiro atoms. The lowest BCUT2D eigenvalue weighted by atomic mass is 10.1. The Morgan fingerprint density at radius 1 is 1.37 bits per heavy atom. The second-order valence-corrected chi connectivity index (χ2v) is 5.41. The van der Waals surface area contributed by atoms with Gasteiger partial charge in [0.25, 0.3) is 0 Å². The summed E-state index contributed by atoms with van der Waals surface area (Å²) in [5, 5.41) is 8.61. The lowest BCUT2D eigenvalue weighted by Gasteiger charge is -2.24. The first-order chi connectivity index (χ1) is 8.89. The van der Waals surface area contributed by atoms with Crippen LogP contribution in [0.3, 0.4) is 0 Å². The van der Waals surface area contributed by atoms with Gasteiger partial charge in [-0.3, -0.25) is 0 Å². The first-order valence-electron chi connectivity index (χ1n) is 6.16. The van der Waals surface area contributed by atoms with Crippen molar-refractivity contribution < 1.29 is 14.6 Å². The van der Waals surface area contributed by atoms with Crippen molar-refractivity contribution in [1.82, 2.24) is 9.55 Å². The number of aliphatic carboxylic acids is 1. The molecule has 5 nitrogen and oxygen atoms in total. The molecule has 0 amide bonds. The zero-order valence-corrected chi connectivity index (χ0v) is 11.4. The average molecular weight is 262 g/mol.